The van der Waals surface area contributed by atoms with Crippen molar-refractivity contribution in [3.8, 4) is 11.4 Å². The Hall–Kier alpha value is -5.49. The molecule has 2 unspecified atom stereocenters. The van der Waals surface area contributed by atoms with E-state index < -0.39 is 0 Å². The first-order valence-electron chi connectivity index (χ1n) is 16.9. The zero-order chi connectivity index (χ0) is 31.2. The van der Waals surface area contributed by atoms with Crippen molar-refractivity contribution in [3.05, 3.63) is 137 Å². The minimum Gasteiger partial charge on any atom is -0.347 e. The van der Waals surface area contributed by atoms with Gasteiger partial charge in [-0.3, -0.25) is 0 Å². The number of aryl methyl sites for hydroxylation is 1. The van der Waals surface area contributed by atoms with E-state index >= 15 is 0 Å². The third-order valence-corrected chi connectivity index (χ3v) is 10.7. The molecule has 4 aliphatic rings. The first kappa shape index (κ1) is 26.7. The van der Waals surface area contributed by atoms with Crippen LogP contribution in [0.5, 0.6) is 0 Å². The van der Waals surface area contributed by atoms with Crippen molar-refractivity contribution in [1.29, 1.82) is 0 Å². The second-order valence-electron chi connectivity index (χ2n) is 13.1. The lowest BCUT2D eigenvalue weighted by atomic mass is 9.71. The van der Waals surface area contributed by atoms with Gasteiger partial charge >= 0.3 is 5.82 Å². The van der Waals surface area contributed by atoms with Crippen LogP contribution in [0.1, 0.15) is 54.0 Å². The minimum atomic E-state index is 0.0946. The van der Waals surface area contributed by atoms with E-state index in [2.05, 4.69) is 146 Å². The van der Waals surface area contributed by atoms with Gasteiger partial charge in [-0.05, 0) is 72.9 Å². The van der Waals surface area contributed by atoms with Gasteiger partial charge in [0.15, 0.2) is 11.4 Å². The molecule has 3 aromatic heterocycles. The molecule has 0 saturated heterocycles. The van der Waals surface area contributed by atoms with Crippen molar-refractivity contribution in [3.63, 3.8) is 0 Å². The summed E-state index contributed by atoms with van der Waals surface area (Å²) in [7, 11) is 0. The molecule has 0 fully saturated rings. The molecule has 0 saturated carbocycles. The molecule has 0 spiro atoms. The van der Waals surface area contributed by atoms with Gasteiger partial charge in [0.2, 0.25) is 11.6 Å². The van der Waals surface area contributed by atoms with Crippen LogP contribution in [0.15, 0.2) is 114 Å². The predicted molar refractivity (Wildman–Crippen MR) is 189 cm³/mol. The van der Waals surface area contributed by atoms with E-state index in [1.54, 1.807) is 0 Å². The number of benzene rings is 3. The summed E-state index contributed by atoms with van der Waals surface area (Å²) in [6.45, 7) is 5.09. The molecular formula is C41H36N6+2. The first-order chi connectivity index (χ1) is 23.2. The van der Waals surface area contributed by atoms with Crippen LogP contribution in [0.3, 0.4) is 0 Å². The summed E-state index contributed by atoms with van der Waals surface area (Å²) in [5, 5.41) is 5.05. The van der Waals surface area contributed by atoms with Gasteiger partial charge in [0, 0.05) is 30.7 Å². The highest BCUT2D eigenvalue weighted by Gasteiger charge is 2.49. The lowest BCUT2D eigenvalue weighted by Gasteiger charge is -2.36. The normalized spacial score (nSPS) is 19.2. The standard InChI is InChI=1S/C41H36N6/c1-3-12-34-26(2)44-35-19-9-7-18-31(35)33(25-37(44)45(34)28-14-5-4-6-15-28)38-32-24-27-13-11-16-29(23-27)46-39-40(43-22-21-42-39)47(41(38)46)36-20-10-8-17-30(32)36/h3-9,11-19,21,23,25,32,38,43H,10,20,22,24H2,1-2H3/q+2/b12-3-. The highest BCUT2D eigenvalue weighted by molar-refractivity contribution is 5.88. The Morgan fingerprint density at radius 1 is 0.936 bits per heavy atom. The van der Waals surface area contributed by atoms with Crippen LogP contribution < -0.4 is 14.5 Å². The fraction of sp³-hybridized carbons (Fsp3) is 0.195. The molecule has 6 heterocycles. The average Bonchev–Trinajstić information content (AvgIpc) is 3.60. The SMILES string of the molecule is C/C=C\c1c(C)n2c3ccccc3c(C3c4n5c6c([n+]4-c4cccc(c4)CC3C3=C5CCC=C3)N=CCN6)cc2[n+]1-c1ccccc1. The highest BCUT2D eigenvalue weighted by atomic mass is 15.3. The second-order valence-corrected chi connectivity index (χ2v) is 13.1. The Morgan fingerprint density at radius 3 is 2.68 bits per heavy atom. The molecule has 1 aliphatic carbocycles. The van der Waals surface area contributed by atoms with Crippen molar-refractivity contribution >= 4 is 46.2 Å². The zero-order valence-electron chi connectivity index (χ0n) is 26.7. The molecule has 228 valence electrons. The predicted octanol–water partition coefficient (Wildman–Crippen LogP) is 7.80. The molecule has 3 aliphatic heterocycles. The van der Waals surface area contributed by atoms with E-state index in [-0.39, 0.29) is 11.8 Å². The molecule has 47 heavy (non-hydrogen) atoms. The van der Waals surface area contributed by atoms with Crippen molar-refractivity contribution in [2.24, 2.45) is 10.9 Å². The van der Waals surface area contributed by atoms with E-state index in [4.69, 9.17) is 4.99 Å². The molecule has 0 amide bonds. The van der Waals surface area contributed by atoms with Crippen molar-refractivity contribution in [1.82, 2.24) is 8.97 Å². The molecule has 0 radical (unpaired) electrons. The monoisotopic (exact) mass is 612 g/mol. The second kappa shape index (κ2) is 10.0. The highest BCUT2D eigenvalue weighted by Crippen LogP contribution is 2.52. The largest absolute Gasteiger partial charge is 0.347 e. The summed E-state index contributed by atoms with van der Waals surface area (Å²) in [6, 6.07) is 31.5. The van der Waals surface area contributed by atoms with Crippen LogP contribution in [-0.2, 0) is 6.42 Å². The van der Waals surface area contributed by atoms with Crippen LogP contribution in [0.2, 0.25) is 0 Å². The topological polar surface area (TPSA) is 41.5 Å². The van der Waals surface area contributed by atoms with Gasteiger partial charge in [-0.25, -0.2) is 4.57 Å². The smallest absolute Gasteiger partial charge is 0.325 e. The third-order valence-electron chi connectivity index (χ3n) is 10.7. The summed E-state index contributed by atoms with van der Waals surface area (Å²) in [6.07, 6.45) is 14.3. The number of aliphatic imine (C=N–C) groups is 1. The quantitative estimate of drug-likeness (QED) is 0.204. The molecule has 3 aromatic carbocycles. The van der Waals surface area contributed by atoms with Gasteiger partial charge in [-0.15, -0.1) is 4.99 Å². The molecule has 6 nitrogen and oxygen atoms in total. The average molecular weight is 613 g/mol. The van der Waals surface area contributed by atoms with Gasteiger partial charge in [0.1, 0.15) is 16.9 Å². The van der Waals surface area contributed by atoms with Gasteiger partial charge in [0.25, 0.3) is 5.65 Å². The van der Waals surface area contributed by atoms with E-state index in [1.165, 1.54) is 61.8 Å². The minimum absolute atomic E-state index is 0.0946. The number of nitrogens with one attached hydrogen (secondary N) is 1. The zero-order valence-corrected chi connectivity index (χ0v) is 26.7. The molecule has 4 bridgehead atoms. The number of fused-ring (bicyclic) bond motifs is 12. The molecule has 10 rings (SSSR count). The Kier molecular flexibility index (Phi) is 5.68. The van der Waals surface area contributed by atoms with E-state index in [0.29, 0.717) is 0 Å². The lowest BCUT2D eigenvalue weighted by Crippen LogP contribution is -2.43. The lowest BCUT2D eigenvalue weighted by molar-refractivity contribution is -0.592. The number of para-hydroxylation sites is 2. The van der Waals surface area contributed by atoms with E-state index in [0.717, 1.165) is 43.1 Å². The number of rotatable bonds is 3. The fourth-order valence-electron chi connectivity index (χ4n) is 8.85. The Morgan fingerprint density at radius 2 is 1.79 bits per heavy atom. The first-order valence-corrected chi connectivity index (χ1v) is 16.9. The van der Waals surface area contributed by atoms with Gasteiger partial charge < -0.3 is 5.32 Å². The van der Waals surface area contributed by atoms with E-state index in [1.807, 2.05) is 6.21 Å². The number of aromatic nitrogens is 4. The summed E-state index contributed by atoms with van der Waals surface area (Å²) >= 11 is 0. The Balaban J connectivity index is 1.38. The van der Waals surface area contributed by atoms with Crippen LogP contribution in [-0.4, -0.2) is 21.7 Å². The van der Waals surface area contributed by atoms with Crippen LogP contribution in [0.4, 0.5) is 11.6 Å². The molecular weight excluding hydrogens is 576 g/mol. The van der Waals surface area contributed by atoms with Crippen molar-refractivity contribution in [2.75, 3.05) is 11.9 Å². The molecule has 6 aromatic rings. The maximum absolute atomic E-state index is 5.08. The van der Waals surface area contributed by atoms with Crippen LogP contribution in [0.25, 0.3) is 39.7 Å². The summed E-state index contributed by atoms with van der Waals surface area (Å²) in [4.78, 5) is 5.08. The van der Waals surface area contributed by atoms with Gasteiger partial charge in [0.05, 0.1) is 24.4 Å². The van der Waals surface area contributed by atoms with Crippen LogP contribution in [0, 0.1) is 12.8 Å². The van der Waals surface area contributed by atoms with Crippen molar-refractivity contribution < 1.29 is 9.13 Å². The Bertz CT molecular complexity index is 2420. The number of allylic oxidation sites excluding steroid dienone is 5. The molecule has 2 atom stereocenters. The molecule has 1 N–H and O–H groups in total. The van der Waals surface area contributed by atoms with E-state index in [9.17, 15) is 0 Å². The number of pyridine rings is 1. The summed E-state index contributed by atoms with van der Waals surface area (Å²) < 4.78 is 9.91. The number of imidazole rings is 2. The number of hydrogen-bond acceptors (Lipinski definition) is 2. The maximum Gasteiger partial charge on any atom is 0.325 e. The van der Waals surface area contributed by atoms with Crippen LogP contribution >= 0.6 is 0 Å². The number of hydrogen-bond donors (Lipinski definition) is 1. The summed E-state index contributed by atoms with van der Waals surface area (Å²) in [5.74, 6) is 3.78. The van der Waals surface area contributed by atoms with Crippen molar-refractivity contribution in [2.45, 2.75) is 39.0 Å². The van der Waals surface area contributed by atoms with Gasteiger partial charge in [-0.2, -0.15) is 13.5 Å². The maximum atomic E-state index is 5.08. The number of nitrogens with zero attached hydrogens (tertiary/aromatic N) is 5. The van der Waals surface area contributed by atoms with Gasteiger partial charge in [-0.1, -0.05) is 66.8 Å². The summed E-state index contributed by atoms with van der Waals surface area (Å²) in [5.41, 5.74) is 12.8. The molecule has 6 heteroatoms. The Labute approximate surface area is 274 Å². The fourth-order valence-corrected chi connectivity index (χ4v) is 8.85. The third kappa shape index (κ3) is 3.64. The number of anilines is 1.